The monoisotopic (exact) mass is 404 g/mol. The molecule has 0 aliphatic carbocycles. The maximum Gasteiger partial charge on any atom is 0.264 e. The van der Waals surface area contributed by atoms with Crippen molar-refractivity contribution in [1.29, 1.82) is 0 Å². The second kappa shape index (κ2) is 6.88. The highest BCUT2D eigenvalue weighted by Gasteiger charge is 2.47. The Morgan fingerprint density at radius 2 is 1.59 bits per heavy atom. The Morgan fingerprint density at radius 1 is 1.03 bits per heavy atom. The van der Waals surface area contributed by atoms with Crippen molar-refractivity contribution in [2.75, 3.05) is 0 Å². The number of carbonyl (C=O) groups is 1. The van der Waals surface area contributed by atoms with Gasteiger partial charge in [0.1, 0.15) is 11.5 Å². The fourth-order valence-electron chi connectivity index (χ4n) is 5.12. The molecule has 3 rings (SSSR count). The number of fused-ring (bicyclic) bond motifs is 1. The molecule has 0 bridgehead atoms. The molecule has 3 N–H and O–H groups in total. The topological polar surface area (TPSA) is 82.0 Å². The fourth-order valence-corrected chi connectivity index (χ4v) is 5.12. The lowest BCUT2D eigenvalue weighted by molar-refractivity contribution is -0.246. The first-order valence-corrected chi connectivity index (χ1v) is 10.5. The maximum absolute atomic E-state index is 13.3. The first-order valence-electron chi connectivity index (χ1n) is 10.5. The minimum atomic E-state index is -0.960. The molecule has 29 heavy (non-hydrogen) atoms. The Labute approximate surface area is 174 Å². The van der Waals surface area contributed by atoms with Crippen LogP contribution in [0.25, 0.3) is 0 Å². The average molecular weight is 405 g/mol. The Kier molecular flexibility index (Phi) is 5.20. The van der Waals surface area contributed by atoms with Gasteiger partial charge in [0.2, 0.25) is 0 Å². The van der Waals surface area contributed by atoms with E-state index in [9.17, 15) is 15.1 Å². The summed E-state index contributed by atoms with van der Waals surface area (Å²) in [5.41, 5.74) is 1.70. The van der Waals surface area contributed by atoms with Crippen LogP contribution >= 0.6 is 0 Å². The molecule has 1 fully saturated rings. The molecule has 0 saturated carbocycles. The highest BCUT2D eigenvalue weighted by molar-refractivity contribution is 5.86. The van der Waals surface area contributed by atoms with E-state index in [1.807, 2.05) is 55.4 Å². The average Bonchev–Trinajstić information content (AvgIpc) is 2.62. The fraction of sp³-hybridized carbons (Fsp3) is 0.696. The lowest BCUT2D eigenvalue weighted by atomic mass is 9.78. The van der Waals surface area contributed by atoms with Crippen molar-refractivity contribution in [3.63, 3.8) is 0 Å². The third-order valence-corrected chi connectivity index (χ3v) is 6.97. The molecule has 1 unspecified atom stereocenters. The smallest absolute Gasteiger partial charge is 0.264 e. The van der Waals surface area contributed by atoms with Crippen LogP contribution in [0.4, 0.5) is 0 Å². The number of nitrogens with one attached hydrogen (secondary N) is 1. The first kappa shape index (κ1) is 21.9. The normalized spacial score (nSPS) is 26.5. The Bertz CT molecular complexity index is 828. The van der Waals surface area contributed by atoms with Gasteiger partial charge < -0.3 is 20.4 Å². The molecule has 0 radical (unpaired) electrons. The van der Waals surface area contributed by atoms with E-state index in [1.165, 1.54) is 5.06 Å². The molecule has 6 nitrogen and oxygen atoms in total. The van der Waals surface area contributed by atoms with Crippen molar-refractivity contribution in [3.8, 4) is 11.5 Å². The molecule has 2 aliphatic rings. The van der Waals surface area contributed by atoms with Crippen LogP contribution in [0.5, 0.6) is 11.5 Å². The minimum Gasteiger partial charge on any atom is -0.507 e. The number of piperidine rings is 1. The third-order valence-electron chi connectivity index (χ3n) is 6.97. The quantitative estimate of drug-likeness (QED) is 0.696. The van der Waals surface area contributed by atoms with Crippen LogP contribution < -0.4 is 10.1 Å². The zero-order valence-corrected chi connectivity index (χ0v) is 19.1. The second-order valence-electron chi connectivity index (χ2n) is 10.4. The van der Waals surface area contributed by atoms with Gasteiger partial charge in [-0.3, -0.25) is 4.79 Å². The summed E-state index contributed by atoms with van der Waals surface area (Å²) in [6, 6.07) is -0.0397. The summed E-state index contributed by atoms with van der Waals surface area (Å²) < 4.78 is 6.31. The number of nitrogens with zero attached hydrogens (tertiary/aromatic N) is 1. The molecule has 2 heterocycles. The summed E-state index contributed by atoms with van der Waals surface area (Å²) in [6.07, 6.45) is 2.57. The van der Waals surface area contributed by atoms with Gasteiger partial charge in [0.05, 0.1) is 0 Å². The second-order valence-corrected chi connectivity index (χ2v) is 10.4. The summed E-state index contributed by atoms with van der Waals surface area (Å²) in [5.74, 6) is 0.930. The summed E-state index contributed by atoms with van der Waals surface area (Å²) >= 11 is 0. The lowest BCUT2D eigenvalue weighted by Gasteiger charge is -2.52. The summed E-state index contributed by atoms with van der Waals surface area (Å²) in [5, 5.41) is 25.5. The molecule has 1 aromatic rings. The van der Waals surface area contributed by atoms with Gasteiger partial charge in [-0.05, 0) is 91.3 Å². The molecule has 1 amide bonds. The van der Waals surface area contributed by atoms with Gasteiger partial charge >= 0.3 is 0 Å². The van der Waals surface area contributed by atoms with Crippen LogP contribution in [-0.4, -0.2) is 44.0 Å². The zero-order chi connectivity index (χ0) is 21.9. The molecule has 2 aliphatic heterocycles. The van der Waals surface area contributed by atoms with Crippen LogP contribution in [0.3, 0.4) is 0 Å². The maximum atomic E-state index is 13.3. The molecule has 6 heteroatoms. The lowest BCUT2D eigenvalue weighted by Crippen LogP contribution is -2.64. The van der Waals surface area contributed by atoms with Crippen molar-refractivity contribution < 1.29 is 19.8 Å². The van der Waals surface area contributed by atoms with Gasteiger partial charge in [-0.25, -0.2) is 0 Å². The molecule has 162 valence electrons. The molecular weight excluding hydrogens is 368 g/mol. The largest absolute Gasteiger partial charge is 0.507 e. The van der Waals surface area contributed by atoms with E-state index in [1.54, 1.807) is 0 Å². The van der Waals surface area contributed by atoms with E-state index >= 15 is 0 Å². The van der Waals surface area contributed by atoms with E-state index in [0.29, 0.717) is 31.4 Å². The molecule has 1 aromatic carbocycles. The van der Waals surface area contributed by atoms with Crippen molar-refractivity contribution in [1.82, 2.24) is 10.4 Å². The number of amides is 1. The predicted octanol–water partition coefficient (Wildman–Crippen LogP) is 3.93. The molecule has 0 spiro atoms. The highest BCUT2D eigenvalue weighted by atomic mass is 16.5. The molecule has 1 saturated heterocycles. The molecule has 0 aromatic heterocycles. The van der Waals surface area contributed by atoms with Crippen molar-refractivity contribution in [2.24, 2.45) is 0 Å². The number of aromatic hydroxyl groups is 1. The van der Waals surface area contributed by atoms with Crippen LogP contribution in [-0.2, 0) is 11.2 Å². The van der Waals surface area contributed by atoms with Crippen molar-refractivity contribution in [2.45, 2.75) is 104 Å². The SMILES string of the molecule is Cc1c(C)c2c(c(C)c1O)CCC(C)(C(=O)NC1CC(C)(C)N(O)C(C)(C)C1)O2. The van der Waals surface area contributed by atoms with E-state index < -0.39 is 16.7 Å². The predicted molar refractivity (Wildman–Crippen MR) is 113 cm³/mol. The van der Waals surface area contributed by atoms with Gasteiger partial charge in [-0.1, -0.05) is 0 Å². The number of hydrogen-bond acceptors (Lipinski definition) is 5. The molecule has 1 atom stereocenters. The van der Waals surface area contributed by atoms with Crippen LogP contribution in [0.2, 0.25) is 0 Å². The zero-order valence-electron chi connectivity index (χ0n) is 19.1. The van der Waals surface area contributed by atoms with Crippen LogP contribution in [0.1, 0.15) is 76.1 Å². The third kappa shape index (κ3) is 3.61. The van der Waals surface area contributed by atoms with Gasteiger partial charge in [0.15, 0.2) is 5.60 Å². The minimum absolute atomic E-state index is 0.0397. The number of rotatable bonds is 2. The van der Waals surface area contributed by atoms with Crippen molar-refractivity contribution in [3.05, 3.63) is 22.3 Å². The van der Waals surface area contributed by atoms with E-state index in [2.05, 4.69) is 5.32 Å². The molecular formula is C23H36N2O4. The van der Waals surface area contributed by atoms with Gasteiger partial charge in [-0.2, -0.15) is 5.06 Å². The van der Waals surface area contributed by atoms with Crippen LogP contribution in [0.15, 0.2) is 0 Å². The van der Waals surface area contributed by atoms with Gasteiger partial charge in [0.25, 0.3) is 5.91 Å². The first-order chi connectivity index (χ1) is 13.2. The Balaban J connectivity index is 1.83. The standard InChI is InChI=1S/C23H36N2O4/c1-13-14(2)19-17(15(3)18(13)26)9-10-23(8,29-19)20(27)24-16-11-21(4,5)25(28)22(6,7)12-16/h16,26,28H,9-12H2,1-8H3,(H,24,27). The van der Waals surface area contributed by atoms with Crippen molar-refractivity contribution >= 4 is 5.91 Å². The number of phenolic OH excluding ortho intramolecular Hbond substituents is 1. The van der Waals surface area contributed by atoms with Crippen LogP contribution in [0, 0.1) is 20.8 Å². The Morgan fingerprint density at radius 3 is 2.14 bits per heavy atom. The van der Waals surface area contributed by atoms with E-state index in [4.69, 9.17) is 4.74 Å². The Hall–Kier alpha value is -1.79. The van der Waals surface area contributed by atoms with E-state index in [0.717, 1.165) is 28.0 Å². The van der Waals surface area contributed by atoms with E-state index in [-0.39, 0.29) is 11.9 Å². The summed E-state index contributed by atoms with van der Waals surface area (Å²) in [4.78, 5) is 13.3. The number of hydrogen-bond donors (Lipinski definition) is 3. The summed E-state index contributed by atoms with van der Waals surface area (Å²) in [7, 11) is 0. The van der Waals surface area contributed by atoms with Gasteiger partial charge in [-0.15, -0.1) is 0 Å². The number of carbonyl (C=O) groups excluding carboxylic acids is 1. The van der Waals surface area contributed by atoms with Gasteiger partial charge in [0, 0.05) is 29.1 Å². The number of benzene rings is 1. The summed E-state index contributed by atoms with van der Waals surface area (Å²) in [6.45, 7) is 15.5. The number of ether oxygens (including phenoxy) is 1. The highest BCUT2D eigenvalue weighted by Crippen LogP contribution is 2.43. The number of phenols is 1. The number of hydroxylamine groups is 2.